The van der Waals surface area contributed by atoms with Crippen LogP contribution in [-0.4, -0.2) is 49.1 Å². The van der Waals surface area contributed by atoms with Crippen LogP contribution >= 0.6 is 0 Å². The number of aromatic nitrogens is 1. The van der Waals surface area contributed by atoms with E-state index in [1.807, 2.05) is 0 Å². The van der Waals surface area contributed by atoms with Gasteiger partial charge in [0.2, 0.25) is 5.82 Å². The van der Waals surface area contributed by atoms with Crippen LogP contribution in [0.15, 0.2) is 30.5 Å². The van der Waals surface area contributed by atoms with Crippen molar-refractivity contribution >= 4 is 11.6 Å². The van der Waals surface area contributed by atoms with E-state index in [2.05, 4.69) is 10.3 Å². The van der Waals surface area contributed by atoms with Gasteiger partial charge >= 0.3 is 6.18 Å². The minimum Gasteiger partial charge on any atom is -0.493 e. The van der Waals surface area contributed by atoms with Gasteiger partial charge in [0.15, 0.2) is 17.2 Å². The second kappa shape index (κ2) is 10.7. The summed E-state index contributed by atoms with van der Waals surface area (Å²) in [6.07, 6.45) is -2.91. The molecule has 5 unspecified atom stereocenters. The quantitative estimate of drug-likeness (QED) is 0.438. The normalized spacial score (nSPS) is 26.3. The second-order valence-corrected chi connectivity index (χ2v) is 9.99. The number of alkyl halides is 3. The van der Waals surface area contributed by atoms with Crippen molar-refractivity contribution in [3.05, 3.63) is 53.4 Å². The van der Waals surface area contributed by atoms with Gasteiger partial charge < -0.3 is 25.3 Å². The minimum atomic E-state index is -4.86. The molecule has 4 rings (SSSR count). The second-order valence-electron chi connectivity index (χ2n) is 9.99. The molecule has 1 aliphatic carbocycles. The molecule has 12 heteroatoms. The molecule has 1 saturated carbocycles. The van der Waals surface area contributed by atoms with Crippen LogP contribution in [0.4, 0.5) is 27.6 Å². The van der Waals surface area contributed by atoms with Crippen molar-refractivity contribution < 1.29 is 41.0 Å². The van der Waals surface area contributed by atoms with E-state index >= 15 is 0 Å². The van der Waals surface area contributed by atoms with E-state index in [1.54, 1.807) is 0 Å². The number of nitrogens with zero attached hydrogens (tertiary/aromatic N) is 1. The number of nitrogens with two attached hydrogens (primary N) is 1. The molecule has 1 aliphatic heterocycles. The average molecular weight is 544 g/mol. The van der Waals surface area contributed by atoms with Gasteiger partial charge in [-0.15, -0.1) is 0 Å². The summed E-state index contributed by atoms with van der Waals surface area (Å²) in [6.45, 7) is 2.90. The fourth-order valence-electron chi connectivity index (χ4n) is 4.71. The Bertz CT molecular complexity index is 1180. The minimum absolute atomic E-state index is 0.114. The van der Waals surface area contributed by atoms with Crippen LogP contribution in [0.25, 0.3) is 0 Å². The summed E-state index contributed by atoms with van der Waals surface area (Å²) in [7, 11) is 1.07. The van der Waals surface area contributed by atoms with Gasteiger partial charge in [-0.1, -0.05) is 13.0 Å². The molecule has 7 nitrogen and oxygen atoms in total. The lowest BCUT2D eigenvalue weighted by atomic mass is 9.77. The molecule has 0 bridgehead atoms. The first-order chi connectivity index (χ1) is 17.9. The first kappa shape index (κ1) is 28.2. The van der Waals surface area contributed by atoms with Gasteiger partial charge in [0, 0.05) is 35.9 Å². The SMILES string of the molecule is COc1c(C2C(C(=O)Nc3ccnc(C(N)COCC4CC4)c3)OC(C)(C(F)(F)F)C2C)ccc(F)c1F. The van der Waals surface area contributed by atoms with Gasteiger partial charge in [0.1, 0.15) is 6.10 Å². The van der Waals surface area contributed by atoms with Gasteiger partial charge in [-0.3, -0.25) is 9.78 Å². The molecule has 2 fully saturated rings. The van der Waals surface area contributed by atoms with E-state index in [-0.39, 0.29) is 17.9 Å². The fraction of sp³-hybridized carbons (Fsp3) is 0.538. The maximum absolute atomic E-state index is 14.5. The van der Waals surface area contributed by atoms with Crippen LogP contribution in [0.1, 0.15) is 49.9 Å². The topological polar surface area (TPSA) is 95.7 Å². The molecule has 1 aromatic carbocycles. The van der Waals surface area contributed by atoms with E-state index in [1.165, 1.54) is 25.3 Å². The number of amides is 1. The molecular weight excluding hydrogens is 513 g/mol. The molecule has 3 N–H and O–H groups in total. The largest absolute Gasteiger partial charge is 0.493 e. The number of carbonyl (C=O) groups excluding carboxylic acids is 1. The van der Waals surface area contributed by atoms with E-state index in [0.29, 0.717) is 18.2 Å². The third-order valence-corrected chi connectivity index (χ3v) is 7.35. The highest BCUT2D eigenvalue weighted by molar-refractivity contribution is 5.95. The summed E-state index contributed by atoms with van der Waals surface area (Å²) in [5, 5.41) is 2.56. The van der Waals surface area contributed by atoms with Crippen LogP contribution in [-0.2, 0) is 14.3 Å². The van der Waals surface area contributed by atoms with Crippen molar-refractivity contribution in [1.82, 2.24) is 4.98 Å². The number of hydrogen-bond acceptors (Lipinski definition) is 6. The van der Waals surface area contributed by atoms with Crippen molar-refractivity contribution in [3.8, 4) is 5.75 Å². The number of halogens is 5. The molecule has 0 radical (unpaired) electrons. The number of nitrogens with one attached hydrogen (secondary N) is 1. The molecule has 1 aromatic heterocycles. The van der Waals surface area contributed by atoms with E-state index in [4.69, 9.17) is 19.9 Å². The highest BCUT2D eigenvalue weighted by Gasteiger charge is 2.65. The summed E-state index contributed by atoms with van der Waals surface area (Å²) < 4.78 is 86.7. The van der Waals surface area contributed by atoms with Gasteiger partial charge in [0.05, 0.1) is 25.5 Å². The zero-order valence-electron chi connectivity index (χ0n) is 21.1. The number of ether oxygens (including phenoxy) is 3. The standard InChI is InChI=1S/C26H30F5N3O4/c1-13-20(16-6-7-17(27)21(28)22(16)36-3)23(38-25(13,2)26(29,30)31)24(35)34-15-8-9-33-19(10-15)18(32)12-37-11-14-4-5-14/h6-10,13-14,18,20,23H,4-5,11-12,32H2,1-3H3,(H,33,34,35). The van der Waals surface area contributed by atoms with Gasteiger partial charge in [-0.05, 0) is 43.9 Å². The predicted molar refractivity (Wildman–Crippen MR) is 127 cm³/mol. The first-order valence-corrected chi connectivity index (χ1v) is 12.2. The Kier molecular flexibility index (Phi) is 7.96. The smallest absolute Gasteiger partial charge is 0.417 e. The van der Waals surface area contributed by atoms with Crippen molar-refractivity contribution in [3.63, 3.8) is 0 Å². The lowest BCUT2D eigenvalue weighted by Gasteiger charge is -2.32. The Hall–Kier alpha value is -2.83. The Morgan fingerprint density at radius 2 is 2.00 bits per heavy atom. The lowest BCUT2D eigenvalue weighted by Crippen LogP contribution is -2.47. The van der Waals surface area contributed by atoms with Crippen molar-refractivity contribution in [2.75, 3.05) is 25.6 Å². The molecule has 1 saturated heterocycles. The molecule has 208 valence electrons. The van der Waals surface area contributed by atoms with Gasteiger partial charge in [0.25, 0.3) is 5.91 Å². The molecule has 2 heterocycles. The highest BCUT2D eigenvalue weighted by atomic mass is 19.4. The zero-order chi connectivity index (χ0) is 27.8. The molecule has 5 atom stereocenters. The highest BCUT2D eigenvalue weighted by Crippen LogP contribution is 2.55. The molecule has 38 heavy (non-hydrogen) atoms. The predicted octanol–water partition coefficient (Wildman–Crippen LogP) is 4.87. The Morgan fingerprint density at radius 1 is 1.29 bits per heavy atom. The number of methoxy groups -OCH3 is 1. The Balaban J connectivity index is 1.61. The third-order valence-electron chi connectivity index (χ3n) is 7.35. The number of pyridine rings is 1. The molecular formula is C26H30F5N3O4. The maximum Gasteiger partial charge on any atom is 0.417 e. The summed E-state index contributed by atoms with van der Waals surface area (Å²) in [5.41, 5.74) is 3.93. The molecule has 2 aromatic rings. The van der Waals surface area contributed by atoms with Crippen LogP contribution in [0.3, 0.4) is 0 Å². The van der Waals surface area contributed by atoms with Gasteiger partial charge in [-0.2, -0.15) is 17.6 Å². The molecule has 0 spiro atoms. The number of carbonyl (C=O) groups is 1. The zero-order valence-corrected chi connectivity index (χ0v) is 21.1. The molecule has 1 amide bonds. The van der Waals surface area contributed by atoms with Crippen LogP contribution < -0.4 is 15.8 Å². The number of benzene rings is 1. The third kappa shape index (κ3) is 5.48. The number of anilines is 1. The van der Waals surface area contributed by atoms with E-state index in [0.717, 1.165) is 39.0 Å². The Morgan fingerprint density at radius 3 is 2.63 bits per heavy atom. The van der Waals surface area contributed by atoms with Crippen molar-refractivity contribution in [1.29, 1.82) is 0 Å². The summed E-state index contributed by atoms with van der Waals surface area (Å²) in [5.74, 6) is -6.21. The van der Waals surface area contributed by atoms with Crippen LogP contribution in [0, 0.1) is 23.5 Å². The molecule has 2 aliphatic rings. The summed E-state index contributed by atoms with van der Waals surface area (Å²) in [4.78, 5) is 17.6. The van der Waals surface area contributed by atoms with Crippen molar-refractivity contribution in [2.24, 2.45) is 17.6 Å². The first-order valence-electron chi connectivity index (χ1n) is 12.2. The van der Waals surface area contributed by atoms with E-state index < -0.39 is 59.1 Å². The lowest BCUT2D eigenvalue weighted by molar-refractivity contribution is -0.272. The number of hydrogen-bond donors (Lipinski definition) is 2. The van der Waals surface area contributed by atoms with Crippen molar-refractivity contribution in [2.45, 2.75) is 56.5 Å². The summed E-state index contributed by atoms with van der Waals surface area (Å²) >= 11 is 0. The Labute approximate surface area is 216 Å². The summed E-state index contributed by atoms with van der Waals surface area (Å²) in [6, 6.07) is 4.25. The maximum atomic E-state index is 14.5. The van der Waals surface area contributed by atoms with Gasteiger partial charge in [-0.25, -0.2) is 4.39 Å². The van der Waals surface area contributed by atoms with E-state index in [9.17, 15) is 26.7 Å². The fourth-order valence-corrected chi connectivity index (χ4v) is 4.71. The number of rotatable bonds is 9. The van der Waals surface area contributed by atoms with Crippen LogP contribution in [0.5, 0.6) is 5.75 Å². The average Bonchev–Trinajstić information content (AvgIpc) is 3.64. The monoisotopic (exact) mass is 543 g/mol. The van der Waals surface area contributed by atoms with Crippen LogP contribution in [0.2, 0.25) is 0 Å².